The van der Waals surface area contributed by atoms with Crippen molar-refractivity contribution < 1.29 is 9.59 Å². The van der Waals surface area contributed by atoms with E-state index in [9.17, 15) is 9.59 Å². The Morgan fingerprint density at radius 1 is 1.22 bits per heavy atom. The van der Waals surface area contributed by atoms with Gasteiger partial charge in [-0.2, -0.15) is 0 Å². The van der Waals surface area contributed by atoms with Crippen LogP contribution in [0.1, 0.15) is 18.0 Å². The zero-order chi connectivity index (χ0) is 18.8. The third kappa shape index (κ3) is 3.68. The Balaban J connectivity index is 1.51. The van der Waals surface area contributed by atoms with Crippen LogP contribution in [0.25, 0.3) is 0 Å². The molecule has 2 atom stereocenters. The van der Waals surface area contributed by atoms with Gasteiger partial charge in [-0.05, 0) is 35.9 Å². The average Bonchev–Trinajstić information content (AvgIpc) is 3.10. The molecule has 3 heterocycles. The van der Waals surface area contributed by atoms with Crippen LogP contribution < -0.4 is 10.2 Å². The van der Waals surface area contributed by atoms with E-state index in [1.54, 1.807) is 29.4 Å². The smallest absolute Gasteiger partial charge is 0.228 e. The summed E-state index contributed by atoms with van der Waals surface area (Å²) < 4.78 is 0. The molecule has 0 saturated carbocycles. The summed E-state index contributed by atoms with van der Waals surface area (Å²) in [6, 6.07) is 11.0. The van der Waals surface area contributed by atoms with Crippen LogP contribution in [0.3, 0.4) is 0 Å². The number of hydrogen-bond donors (Lipinski definition) is 1. The van der Waals surface area contributed by atoms with Crippen molar-refractivity contribution in [3.63, 3.8) is 0 Å². The van der Waals surface area contributed by atoms with E-state index in [1.165, 1.54) is 0 Å². The number of amides is 2. The zero-order valence-corrected chi connectivity index (χ0v) is 15.6. The Bertz CT molecular complexity index is 828. The number of carbonyl (C=O) groups is 2. The predicted octanol–water partition coefficient (Wildman–Crippen LogP) is 2.26. The summed E-state index contributed by atoms with van der Waals surface area (Å²) in [4.78, 5) is 33.5. The van der Waals surface area contributed by atoms with Crippen LogP contribution in [0.15, 0.2) is 48.8 Å². The molecule has 1 N–H and O–H groups in total. The molecule has 2 aliphatic rings. The van der Waals surface area contributed by atoms with E-state index in [0.29, 0.717) is 24.7 Å². The van der Waals surface area contributed by atoms with Gasteiger partial charge in [0.15, 0.2) is 0 Å². The third-order valence-electron chi connectivity index (χ3n) is 5.21. The lowest BCUT2D eigenvalue weighted by atomic mass is 10.0. The van der Waals surface area contributed by atoms with Gasteiger partial charge in [-0.25, -0.2) is 0 Å². The Labute approximate surface area is 163 Å². The highest BCUT2D eigenvalue weighted by molar-refractivity contribution is 6.30. The normalized spacial score (nSPS) is 22.9. The Morgan fingerprint density at radius 3 is 2.78 bits per heavy atom. The molecule has 2 aliphatic heterocycles. The molecule has 2 fully saturated rings. The van der Waals surface area contributed by atoms with Crippen molar-refractivity contribution in [3.05, 3.63) is 59.4 Å². The third-order valence-corrected chi connectivity index (χ3v) is 5.46. The highest BCUT2D eigenvalue weighted by atomic mass is 35.5. The highest BCUT2D eigenvalue weighted by Crippen LogP contribution is 2.30. The van der Waals surface area contributed by atoms with Crippen LogP contribution in [-0.2, 0) is 9.59 Å². The lowest BCUT2D eigenvalue weighted by molar-refractivity contribution is -0.139. The maximum absolute atomic E-state index is 13.2. The highest BCUT2D eigenvalue weighted by Gasteiger charge is 2.39. The quantitative estimate of drug-likeness (QED) is 0.881. The van der Waals surface area contributed by atoms with Crippen LogP contribution in [0, 0.1) is 5.92 Å². The Kier molecular flexibility index (Phi) is 5.09. The van der Waals surface area contributed by atoms with Crippen molar-refractivity contribution in [1.29, 1.82) is 0 Å². The monoisotopic (exact) mass is 384 g/mol. The molecular weight excluding hydrogens is 364 g/mol. The van der Waals surface area contributed by atoms with E-state index < -0.39 is 0 Å². The maximum Gasteiger partial charge on any atom is 0.228 e. The van der Waals surface area contributed by atoms with Gasteiger partial charge in [0.2, 0.25) is 11.8 Å². The van der Waals surface area contributed by atoms with Crippen molar-refractivity contribution in [1.82, 2.24) is 15.2 Å². The molecule has 0 radical (unpaired) electrons. The summed E-state index contributed by atoms with van der Waals surface area (Å²) in [7, 11) is 0. The van der Waals surface area contributed by atoms with E-state index in [0.717, 1.165) is 17.8 Å². The number of hydrogen-bond acceptors (Lipinski definition) is 4. The molecule has 1 aromatic heterocycles. The first kappa shape index (κ1) is 17.9. The lowest BCUT2D eigenvalue weighted by Gasteiger charge is -2.37. The van der Waals surface area contributed by atoms with Crippen molar-refractivity contribution in [2.24, 2.45) is 5.92 Å². The molecule has 27 heavy (non-hydrogen) atoms. The number of carbonyl (C=O) groups excluding carboxylic acids is 2. The summed E-state index contributed by atoms with van der Waals surface area (Å²) in [5.74, 6) is -0.315. The molecule has 7 heteroatoms. The summed E-state index contributed by atoms with van der Waals surface area (Å²) in [5.41, 5.74) is 1.79. The molecule has 1 aromatic carbocycles. The summed E-state index contributed by atoms with van der Waals surface area (Å²) in [6.07, 6.45) is 3.77. The summed E-state index contributed by atoms with van der Waals surface area (Å²) in [6.45, 7) is 2.48. The number of pyridine rings is 1. The van der Waals surface area contributed by atoms with E-state index in [4.69, 9.17) is 11.6 Å². The van der Waals surface area contributed by atoms with Crippen LogP contribution in [0.2, 0.25) is 5.02 Å². The lowest BCUT2D eigenvalue weighted by Crippen LogP contribution is -2.50. The predicted molar refractivity (Wildman–Crippen MR) is 103 cm³/mol. The molecule has 6 nitrogen and oxygen atoms in total. The van der Waals surface area contributed by atoms with Crippen LogP contribution in [-0.4, -0.2) is 47.9 Å². The van der Waals surface area contributed by atoms with Crippen molar-refractivity contribution >= 4 is 29.1 Å². The number of nitrogens with one attached hydrogen (secondary N) is 1. The van der Waals surface area contributed by atoms with Crippen LogP contribution in [0.5, 0.6) is 0 Å². The minimum atomic E-state index is -0.328. The van der Waals surface area contributed by atoms with Gasteiger partial charge in [0, 0.05) is 55.7 Å². The van der Waals surface area contributed by atoms with Crippen molar-refractivity contribution in [3.8, 4) is 0 Å². The number of aromatic nitrogens is 1. The van der Waals surface area contributed by atoms with Gasteiger partial charge in [-0.15, -0.1) is 0 Å². The van der Waals surface area contributed by atoms with Crippen LogP contribution in [0.4, 0.5) is 5.69 Å². The number of benzene rings is 1. The topological polar surface area (TPSA) is 65.5 Å². The molecule has 2 saturated heterocycles. The summed E-state index contributed by atoms with van der Waals surface area (Å²) >= 11 is 5.93. The first-order valence-electron chi connectivity index (χ1n) is 9.10. The SMILES string of the molecule is O=C1CC(C(=O)N2CCNCC2c2cccnc2)CN1c1ccc(Cl)cc1. The Morgan fingerprint density at radius 2 is 2.04 bits per heavy atom. The summed E-state index contributed by atoms with van der Waals surface area (Å²) in [5, 5.41) is 3.97. The van der Waals surface area contributed by atoms with Gasteiger partial charge in [0.25, 0.3) is 0 Å². The van der Waals surface area contributed by atoms with Gasteiger partial charge in [0.05, 0.1) is 12.0 Å². The minimum absolute atomic E-state index is 0.0243. The standard InChI is InChI=1S/C20H21ClN4O2/c21-16-3-5-17(6-4-16)25-13-15(10-19(25)26)20(27)24-9-8-23-12-18(24)14-2-1-7-22-11-14/h1-7,11,15,18,23H,8-10,12-13H2. The van der Waals surface area contributed by atoms with Gasteiger partial charge < -0.3 is 15.1 Å². The number of anilines is 1. The number of piperazine rings is 1. The molecule has 0 spiro atoms. The van der Waals surface area contributed by atoms with Gasteiger partial charge >= 0.3 is 0 Å². The first-order chi connectivity index (χ1) is 13.1. The van der Waals surface area contributed by atoms with Crippen molar-refractivity contribution in [2.75, 3.05) is 31.1 Å². The Hall–Kier alpha value is -2.44. The number of rotatable bonds is 3. The van der Waals surface area contributed by atoms with E-state index >= 15 is 0 Å². The van der Waals surface area contributed by atoms with E-state index in [2.05, 4.69) is 10.3 Å². The molecule has 0 bridgehead atoms. The first-order valence-corrected chi connectivity index (χ1v) is 9.48. The second kappa shape index (κ2) is 7.66. The minimum Gasteiger partial charge on any atom is -0.333 e. The largest absolute Gasteiger partial charge is 0.333 e. The second-order valence-corrected chi connectivity index (χ2v) is 7.36. The zero-order valence-electron chi connectivity index (χ0n) is 14.8. The molecular formula is C20H21ClN4O2. The molecule has 4 rings (SSSR count). The maximum atomic E-state index is 13.2. The van der Waals surface area contributed by atoms with Gasteiger partial charge in [0.1, 0.15) is 0 Å². The average molecular weight is 385 g/mol. The fraction of sp³-hybridized carbons (Fsp3) is 0.350. The van der Waals surface area contributed by atoms with Crippen LogP contribution >= 0.6 is 11.6 Å². The molecule has 140 valence electrons. The molecule has 2 aromatic rings. The van der Waals surface area contributed by atoms with E-state index in [-0.39, 0.29) is 30.2 Å². The second-order valence-electron chi connectivity index (χ2n) is 6.92. The van der Waals surface area contributed by atoms with Crippen molar-refractivity contribution in [2.45, 2.75) is 12.5 Å². The number of nitrogens with zero attached hydrogens (tertiary/aromatic N) is 3. The molecule has 2 unspecified atom stereocenters. The molecule has 2 amide bonds. The van der Waals surface area contributed by atoms with Gasteiger partial charge in [-0.1, -0.05) is 17.7 Å². The van der Waals surface area contributed by atoms with Gasteiger partial charge in [-0.3, -0.25) is 14.6 Å². The molecule has 0 aliphatic carbocycles. The van der Waals surface area contributed by atoms with E-state index in [1.807, 2.05) is 29.2 Å². The number of halogens is 1. The fourth-order valence-corrected chi connectivity index (χ4v) is 3.94. The fourth-order valence-electron chi connectivity index (χ4n) is 3.82.